The highest BCUT2D eigenvalue weighted by Gasteiger charge is 2.27. The Kier molecular flexibility index (Phi) is 4.72. The summed E-state index contributed by atoms with van der Waals surface area (Å²) in [5, 5.41) is 0.751. The molecule has 0 saturated heterocycles. The molecule has 0 spiro atoms. The molecule has 2 rings (SSSR count). The summed E-state index contributed by atoms with van der Waals surface area (Å²) < 4.78 is 6.24. The van der Waals surface area contributed by atoms with Crippen molar-refractivity contribution in [3.05, 3.63) is 57.6 Å². The molecule has 22 heavy (non-hydrogen) atoms. The highest BCUT2D eigenvalue weighted by molar-refractivity contribution is 6.31. The van der Waals surface area contributed by atoms with Crippen LogP contribution in [0.4, 0.5) is 5.69 Å². The molecular formula is C19H24ClNO. The summed E-state index contributed by atoms with van der Waals surface area (Å²) in [6.07, 6.45) is 0.976. The third kappa shape index (κ3) is 3.38. The van der Waals surface area contributed by atoms with Gasteiger partial charge in [0.2, 0.25) is 0 Å². The second-order valence-electron chi connectivity index (χ2n) is 6.25. The first-order valence-corrected chi connectivity index (χ1v) is 7.97. The molecule has 118 valence electrons. The third-order valence-electron chi connectivity index (χ3n) is 4.02. The van der Waals surface area contributed by atoms with E-state index in [2.05, 4.69) is 19.9 Å². The predicted molar refractivity (Wildman–Crippen MR) is 94.8 cm³/mol. The third-order valence-corrected chi connectivity index (χ3v) is 4.33. The molecule has 0 heterocycles. The van der Waals surface area contributed by atoms with E-state index in [1.165, 1.54) is 11.1 Å². The van der Waals surface area contributed by atoms with Crippen LogP contribution in [0.5, 0.6) is 5.75 Å². The lowest BCUT2D eigenvalue weighted by molar-refractivity contribution is 0.108. The van der Waals surface area contributed by atoms with E-state index in [1.54, 1.807) is 0 Å². The van der Waals surface area contributed by atoms with Crippen LogP contribution in [0.1, 0.15) is 43.0 Å². The Bertz CT molecular complexity index is 692. The molecule has 0 unspecified atom stereocenters. The van der Waals surface area contributed by atoms with Gasteiger partial charge in [0.15, 0.2) is 0 Å². The van der Waals surface area contributed by atoms with Gasteiger partial charge < -0.3 is 10.5 Å². The summed E-state index contributed by atoms with van der Waals surface area (Å²) in [6.45, 7) is 10.3. The summed E-state index contributed by atoms with van der Waals surface area (Å²) in [5.74, 6) is 0.826. The molecule has 0 aliphatic heterocycles. The minimum absolute atomic E-state index is 0.519. The van der Waals surface area contributed by atoms with E-state index in [0.29, 0.717) is 0 Å². The lowest BCUT2D eigenvalue weighted by atomic mass is 9.93. The smallest absolute Gasteiger partial charge is 0.130 e. The summed E-state index contributed by atoms with van der Waals surface area (Å²) in [5.41, 5.74) is 10.6. The van der Waals surface area contributed by atoms with Crippen LogP contribution in [0.2, 0.25) is 5.02 Å². The normalized spacial score (nSPS) is 11.5. The monoisotopic (exact) mass is 317 g/mol. The summed E-state index contributed by atoms with van der Waals surface area (Å²) in [4.78, 5) is 0. The van der Waals surface area contributed by atoms with Crippen LogP contribution in [0.15, 0.2) is 30.3 Å². The van der Waals surface area contributed by atoms with Gasteiger partial charge in [-0.2, -0.15) is 0 Å². The molecule has 0 amide bonds. The highest BCUT2D eigenvalue weighted by Crippen LogP contribution is 2.35. The van der Waals surface area contributed by atoms with E-state index in [1.807, 2.05) is 45.0 Å². The first-order valence-electron chi connectivity index (χ1n) is 7.59. The van der Waals surface area contributed by atoms with Crippen molar-refractivity contribution in [1.29, 1.82) is 0 Å². The number of aryl methyl sites for hydroxylation is 3. The standard InChI is InChI=1S/C19H24ClNO/c1-6-14-11-17(20)16(10-12(14)2)19(4,5)22-18-8-7-15(21)9-13(18)3/h7-11H,6,21H2,1-5H3. The van der Waals surface area contributed by atoms with E-state index in [4.69, 9.17) is 22.1 Å². The molecule has 2 N–H and O–H groups in total. The van der Waals surface area contributed by atoms with Gasteiger partial charge >= 0.3 is 0 Å². The maximum absolute atomic E-state index is 6.50. The molecule has 0 aliphatic rings. The fraction of sp³-hybridized carbons (Fsp3) is 0.368. The Hall–Kier alpha value is -1.67. The zero-order chi connectivity index (χ0) is 16.5. The number of hydrogen-bond donors (Lipinski definition) is 1. The first kappa shape index (κ1) is 16.7. The van der Waals surface area contributed by atoms with Crippen LogP contribution < -0.4 is 10.5 Å². The molecule has 2 nitrogen and oxygen atoms in total. The zero-order valence-corrected chi connectivity index (χ0v) is 14.7. The molecular weight excluding hydrogens is 294 g/mol. The van der Waals surface area contributed by atoms with Gasteiger partial charge in [-0.15, -0.1) is 0 Å². The Morgan fingerprint density at radius 2 is 1.77 bits per heavy atom. The van der Waals surface area contributed by atoms with Gasteiger partial charge in [-0.1, -0.05) is 24.6 Å². The van der Waals surface area contributed by atoms with Gasteiger partial charge in [-0.3, -0.25) is 0 Å². The van der Waals surface area contributed by atoms with E-state index in [-0.39, 0.29) is 0 Å². The fourth-order valence-electron chi connectivity index (χ4n) is 2.68. The average Bonchev–Trinajstić information content (AvgIpc) is 2.43. The van der Waals surface area contributed by atoms with Gasteiger partial charge in [0.1, 0.15) is 11.4 Å². The average molecular weight is 318 g/mol. The Morgan fingerprint density at radius 1 is 1.09 bits per heavy atom. The van der Waals surface area contributed by atoms with E-state index in [9.17, 15) is 0 Å². The maximum Gasteiger partial charge on any atom is 0.130 e. The second-order valence-corrected chi connectivity index (χ2v) is 6.66. The fourth-order valence-corrected chi connectivity index (χ4v) is 3.10. The molecule has 0 radical (unpaired) electrons. The van der Waals surface area contributed by atoms with Crippen LogP contribution in [0, 0.1) is 13.8 Å². The van der Waals surface area contributed by atoms with Gasteiger partial charge in [-0.05, 0) is 75.1 Å². The Morgan fingerprint density at radius 3 is 2.36 bits per heavy atom. The van der Waals surface area contributed by atoms with Crippen molar-refractivity contribution in [2.45, 2.75) is 46.6 Å². The Labute approximate surface area is 138 Å². The van der Waals surface area contributed by atoms with Crippen molar-refractivity contribution < 1.29 is 4.74 Å². The van der Waals surface area contributed by atoms with Gasteiger partial charge in [0.25, 0.3) is 0 Å². The number of rotatable bonds is 4. The molecule has 3 heteroatoms. The first-order chi connectivity index (χ1) is 10.2. The van der Waals surface area contributed by atoms with Crippen molar-refractivity contribution in [3.8, 4) is 5.75 Å². The molecule has 2 aromatic carbocycles. The lowest BCUT2D eigenvalue weighted by Crippen LogP contribution is -2.26. The largest absolute Gasteiger partial charge is 0.483 e. The second kappa shape index (κ2) is 6.21. The number of hydrogen-bond acceptors (Lipinski definition) is 2. The van der Waals surface area contributed by atoms with Crippen molar-refractivity contribution in [3.63, 3.8) is 0 Å². The number of halogens is 1. The SMILES string of the molecule is CCc1cc(Cl)c(C(C)(C)Oc2ccc(N)cc2C)cc1C. The maximum atomic E-state index is 6.50. The molecule has 0 aliphatic carbocycles. The molecule has 2 aromatic rings. The van der Waals surface area contributed by atoms with Crippen LogP contribution in [0.3, 0.4) is 0 Å². The van der Waals surface area contributed by atoms with Gasteiger partial charge in [0.05, 0.1) is 0 Å². The highest BCUT2D eigenvalue weighted by atomic mass is 35.5. The molecule has 0 atom stereocenters. The molecule has 0 aromatic heterocycles. The van der Waals surface area contributed by atoms with Crippen molar-refractivity contribution in [2.24, 2.45) is 0 Å². The summed E-state index contributed by atoms with van der Waals surface area (Å²) in [7, 11) is 0. The summed E-state index contributed by atoms with van der Waals surface area (Å²) in [6, 6.07) is 9.86. The number of anilines is 1. The Balaban J connectivity index is 2.40. The topological polar surface area (TPSA) is 35.2 Å². The van der Waals surface area contributed by atoms with Crippen LogP contribution in [-0.4, -0.2) is 0 Å². The number of ether oxygens (including phenoxy) is 1. The lowest BCUT2D eigenvalue weighted by Gasteiger charge is -2.29. The molecule has 0 bridgehead atoms. The molecule has 0 fully saturated rings. The molecule has 0 saturated carbocycles. The van der Waals surface area contributed by atoms with Crippen molar-refractivity contribution in [2.75, 3.05) is 5.73 Å². The van der Waals surface area contributed by atoms with Crippen molar-refractivity contribution >= 4 is 17.3 Å². The number of nitrogen functional groups attached to an aromatic ring is 1. The predicted octanol–water partition coefficient (Wildman–Crippen LogP) is 5.42. The van der Waals surface area contributed by atoms with E-state index in [0.717, 1.165) is 34.0 Å². The van der Waals surface area contributed by atoms with E-state index >= 15 is 0 Å². The van der Waals surface area contributed by atoms with Crippen LogP contribution in [-0.2, 0) is 12.0 Å². The zero-order valence-electron chi connectivity index (χ0n) is 14.0. The van der Waals surface area contributed by atoms with Gasteiger partial charge in [0, 0.05) is 16.3 Å². The van der Waals surface area contributed by atoms with Crippen molar-refractivity contribution in [1.82, 2.24) is 0 Å². The van der Waals surface area contributed by atoms with Crippen LogP contribution >= 0.6 is 11.6 Å². The number of benzene rings is 2. The quantitative estimate of drug-likeness (QED) is 0.765. The number of nitrogens with two attached hydrogens (primary N) is 1. The van der Waals surface area contributed by atoms with Crippen LogP contribution in [0.25, 0.3) is 0 Å². The minimum atomic E-state index is -0.519. The summed E-state index contributed by atoms with van der Waals surface area (Å²) >= 11 is 6.50. The van der Waals surface area contributed by atoms with E-state index < -0.39 is 5.60 Å². The minimum Gasteiger partial charge on any atom is -0.483 e. The van der Waals surface area contributed by atoms with Gasteiger partial charge in [-0.25, -0.2) is 0 Å².